The molecule has 0 bridgehead atoms. The van der Waals surface area contributed by atoms with Gasteiger partial charge in [-0.3, -0.25) is 9.36 Å². The molecule has 0 saturated carbocycles. The van der Waals surface area contributed by atoms with Crippen LogP contribution >= 0.6 is 38.9 Å². The molecule has 3 aromatic rings. The minimum absolute atomic E-state index is 0.122. The van der Waals surface area contributed by atoms with Gasteiger partial charge in [0.05, 0.1) is 33.5 Å². The average molecular weight is 534 g/mol. The number of carbonyl (C=O) groups excluding carboxylic acids is 1. The first-order valence-corrected chi connectivity index (χ1v) is 11.7. The molecule has 1 aromatic heterocycles. The fraction of sp³-hybridized carbons (Fsp3) is 0.174. The zero-order chi connectivity index (χ0) is 23.0. The molecule has 32 heavy (non-hydrogen) atoms. The molecule has 9 heteroatoms. The Morgan fingerprint density at radius 1 is 1.34 bits per heavy atom. The number of allylic oxidation sites excluding steroid dienone is 1. The zero-order valence-corrected chi connectivity index (χ0v) is 20.3. The molecule has 2 heterocycles. The van der Waals surface area contributed by atoms with Crippen LogP contribution in [0.3, 0.4) is 0 Å². The maximum atomic E-state index is 13.5. The van der Waals surface area contributed by atoms with Gasteiger partial charge in [-0.15, -0.1) is 0 Å². The molecule has 164 valence electrons. The van der Waals surface area contributed by atoms with Gasteiger partial charge in [0, 0.05) is 10.0 Å². The third-order valence-corrected chi connectivity index (χ3v) is 6.71. The number of phenolic OH excluding ortho intramolecular Hbond substituents is 1. The van der Waals surface area contributed by atoms with E-state index in [1.165, 1.54) is 15.9 Å². The highest BCUT2D eigenvalue weighted by molar-refractivity contribution is 9.10. The summed E-state index contributed by atoms with van der Waals surface area (Å²) in [4.78, 5) is 31.3. The lowest BCUT2D eigenvalue weighted by atomic mass is 9.96. The highest BCUT2D eigenvalue weighted by Gasteiger charge is 2.33. The number of aromatic nitrogens is 1. The monoisotopic (exact) mass is 532 g/mol. The van der Waals surface area contributed by atoms with Crippen molar-refractivity contribution in [2.75, 3.05) is 6.61 Å². The first-order valence-electron chi connectivity index (χ1n) is 9.74. The number of halogens is 2. The second-order valence-electron chi connectivity index (χ2n) is 7.04. The summed E-state index contributed by atoms with van der Waals surface area (Å²) in [6.07, 6.45) is 1.57. The van der Waals surface area contributed by atoms with Crippen molar-refractivity contribution in [1.82, 2.24) is 4.57 Å². The van der Waals surface area contributed by atoms with Gasteiger partial charge < -0.3 is 9.84 Å². The summed E-state index contributed by atoms with van der Waals surface area (Å²) in [7, 11) is 0. The van der Waals surface area contributed by atoms with Gasteiger partial charge in [-0.25, -0.2) is 9.79 Å². The van der Waals surface area contributed by atoms with Crippen molar-refractivity contribution in [2.45, 2.75) is 19.9 Å². The number of benzene rings is 2. The van der Waals surface area contributed by atoms with Crippen molar-refractivity contribution < 1.29 is 14.6 Å². The molecule has 6 nitrogen and oxygen atoms in total. The third-order valence-electron chi connectivity index (χ3n) is 4.98. The van der Waals surface area contributed by atoms with Crippen LogP contribution in [0.2, 0.25) is 5.02 Å². The topological polar surface area (TPSA) is 80.9 Å². The predicted molar refractivity (Wildman–Crippen MR) is 128 cm³/mol. The average Bonchev–Trinajstić information content (AvgIpc) is 3.06. The Bertz CT molecular complexity index is 1430. The van der Waals surface area contributed by atoms with Crippen LogP contribution in [0.5, 0.6) is 5.75 Å². The van der Waals surface area contributed by atoms with Gasteiger partial charge in [-0.2, -0.15) is 0 Å². The lowest BCUT2D eigenvalue weighted by Gasteiger charge is -2.24. The molecule has 0 aliphatic carbocycles. The Labute approximate surface area is 200 Å². The van der Waals surface area contributed by atoms with Crippen molar-refractivity contribution in [3.63, 3.8) is 0 Å². The number of hydrogen-bond donors (Lipinski definition) is 1. The molecule has 0 amide bonds. The van der Waals surface area contributed by atoms with Gasteiger partial charge >= 0.3 is 5.97 Å². The van der Waals surface area contributed by atoms with Crippen LogP contribution in [0.15, 0.2) is 68.0 Å². The van der Waals surface area contributed by atoms with Gasteiger partial charge in [-0.1, -0.05) is 69.2 Å². The minimum atomic E-state index is -0.673. The number of esters is 1. The van der Waals surface area contributed by atoms with E-state index < -0.39 is 12.0 Å². The molecule has 0 spiro atoms. The molecule has 0 radical (unpaired) electrons. The molecule has 0 fully saturated rings. The van der Waals surface area contributed by atoms with E-state index in [2.05, 4.69) is 20.9 Å². The van der Waals surface area contributed by atoms with Crippen LogP contribution in [0.4, 0.5) is 0 Å². The van der Waals surface area contributed by atoms with E-state index in [4.69, 9.17) is 16.3 Å². The van der Waals surface area contributed by atoms with E-state index in [1.807, 2.05) is 30.3 Å². The first kappa shape index (κ1) is 22.5. The quantitative estimate of drug-likeness (QED) is 0.516. The van der Waals surface area contributed by atoms with Crippen molar-refractivity contribution in [2.24, 2.45) is 4.99 Å². The van der Waals surface area contributed by atoms with Gasteiger partial charge in [-0.05, 0) is 37.6 Å². The summed E-state index contributed by atoms with van der Waals surface area (Å²) in [5.41, 5.74) is 1.66. The molecule has 1 N–H and O–H groups in total. The van der Waals surface area contributed by atoms with Crippen LogP contribution in [0.1, 0.15) is 31.0 Å². The summed E-state index contributed by atoms with van der Waals surface area (Å²) in [5, 5.41) is 10.5. The Balaban J connectivity index is 1.98. The van der Waals surface area contributed by atoms with Gasteiger partial charge in [0.15, 0.2) is 4.80 Å². The van der Waals surface area contributed by atoms with Crippen LogP contribution in [-0.2, 0) is 9.53 Å². The summed E-state index contributed by atoms with van der Waals surface area (Å²) >= 11 is 10.6. The summed E-state index contributed by atoms with van der Waals surface area (Å²) in [5.74, 6) is -0.628. The number of fused-ring (bicyclic) bond motifs is 1. The lowest BCUT2D eigenvalue weighted by molar-refractivity contribution is -0.139. The van der Waals surface area contributed by atoms with E-state index in [9.17, 15) is 14.7 Å². The molecular weight excluding hydrogens is 516 g/mol. The van der Waals surface area contributed by atoms with E-state index in [-0.39, 0.29) is 22.9 Å². The Kier molecular flexibility index (Phi) is 6.37. The third kappa shape index (κ3) is 4.05. The van der Waals surface area contributed by atoms with Crippen molar-refractivity contribution in [3.8, 4) is 5.75 Å². The van der Waals surface area contributed by atoms with Crippen molar-refractivity contribution >= 4 is 50.9 Å². The van der Waals surface area contributed by atoms with Crippen LogP contribution in [-0.4, -0.2) is 22.2 Å². The number of ether oxygens (including phenoxy) is 1. The molecule has 0 unspecified atom stereocenters. The van der Waals surface area contributed by atoms with E-state index in [0.717, 1.165) is 5.56 Å². The number of thiazole rings is 1. The standard InChI is InChI=1S/C23H18BrClN2O4S/c1-3-31-22(30)18-12(2)26-23-27(19(18)13-7-5-4-6-8-13)21(29)17(32-23)10-14-9-15(24)11-16(25)20(14)28/h4-11,19,28H,3H2,1-2H3/b17-10-/t19-/m0/s1. The predicted octanol–water partition coefficient (Wildman–Crippen LogP) is 3.92. The van der Waals surface area contributed by atoms with E-state index >= 15 is 0 Å². The Morgan fingerprint density at radius 3 is 2.75 bits per heavy atom. The van der Waals surface area contributed by atoms with Crippen LogP contribution in [0.25, 0.3) is 6.08 Å². The largest absolute Gasteiger partial charge is 0.506 e. The SMILES string of the molecule is CCOC(=O)C1=C(C)N=c2s/c(=C\c3cc(Br)cc(Cl)c3O)c(=O)n2[C@H]1c1ccccc1. The summed E-state index contributed by atoms with van der Waals surface area (Å²) < 4.78 is 7.80. The number of aromatic hydroxyl groups is 1. The maximum Gasteiger partial charge on any atom is 0.338 e. The highest BCUT2D eigenvalue weighted by Crippen LogP contribution is 2.32. The Morgan fingerprint density at radius 2 is 2.06 bits per heavy atom. The molecular formula is C23H18BrClN2O4S. The van der Waals surface area contributed by atoms with Crippen LogP contribution < -0.4 is 14.9 Å². The second-order valence-corrected chi connectivity index (χ2v) is 9.37. The molecule has 4 rings (SSSR count). The fourth-order valence-electron chi connectivity index (χ4n) is 3.58. The molecule has 2 aromatic carbocycles. The molecule has 1 atom stereocenters. The normalized spacial score (nSPS) is 16.0. The Hall–Kier alpha value is -2.68. The van der Waals surface area contributed by atoms with Crippen molar-refractivity contribution in [1.29, 1.82) is 0 Å². The summed E-state index contributed by atoms with van der Waals surface area (Å²) in [6, 6.07) is 11.9. The lowest BCUT2D eigenvalue weighted by Crippen LogP contribution is -2.39. The van der Waals surface area contributed by atoms with E-state index in [1.54, 1.807) is 32.1 Å². The number of rotatable bonds is 4. The molecule has 1 aliphatic rings. The smallest absolute Gasteiger partial charge is 0.338 e. The van der Waals surface area contributed by atoms with Gasteiger partial charge in [0.25, 0.3) is 5.56 Å². The van der Waals surface area contributed by atoms with E-state index in [0.29, 0.717) is 30.6 Å². The van der Waals surface area contributed by atoms with Crippen molar-refractivity contribution in [3.05, 3.63) is 94.0 Å². The molecule has 1 aliphatic heterocycles. The van der Waals surface area contributed by atoms with Gasteiger partial charge in [0.2, 0.25) is 0 Å². The first-order chi connectivity index (χ1) is 15.3. The minimum Gasteiger partial charge on any atom is -0.506 e. The number of carbonyl (C=O) groups is 1. The fourth-order valence-corrected chi connectivity index (χ4v) is 5.45. The highest BCUT2D eigenvalue weighted by atomic mass is 79.9. The van der Waals surface area contributed by atoms with Crippen LogP contribution in [0, 0.1) is 0 Å². The summed E-state index contributed by atoms with van der Waals surface area (Å²) in [6.45, 7) is 3.68. The number of phenols is 1. The zero-order valence-electron chi connectivity index (χ0n) is 17.1. The maximum absolute atomic E-state index is 13.5. The second kappa shape index (κ2) is 9.05. The molecule has 0 saturated heterocycles. The van der Waals surface area contributed by atoms with Gasteiger partial charge in [0.1, 0.15) is 5.75 Å². The number of nitrogens with zero attached hydrogens (tertiary/aromatic N) is 2. The number of hydrogen-bond acceptors (Lipinski definition) is 6.